The standard InChI is InChI=1S/C8H11ClN2O2/c1-3-6-4-7(10-11(6)2)8(12)13-5-9/h4H,3,5H2,1-2H3. The van der Waals surface area contributed by atoms with Crippen molar-refractivity contribution in [3.05, 3.63) is 17.5 Å². The number of ether oxygens (including phenoxy) is 1. The molecule has 0 unspecified atom stereocenters. The third-order valence-electron chi connectivity index (χ3n) is 1.73. The van der Waals surface area contributed by atoms with Crippen LogP contribution < -0.4 is 0 Å². The maximum Gasteiger partial charge on any atom is 0.360 e. The number of hydrogen-bond donors (Lipinski definition) is 0. The van der Waals surface area contributed by atoms with Crippen molar-refractivity contribution in [1.29, 1.82) is 0 Å². The van der Waals surface area contributed by atoms with Crippen LogP contribution in [0.15, 0.2) is 6.07 Å². The van der Waals surface area contributed by atoms with E-state index < -0.39 is 5.97 Å². The summed E-state index contributed by atoms with van der Waals surface area (Å²) in [5.41, 5.74) is 1.29. The Hall–Kier alpha value is -1.03. The number of nitrogens with zero attached hydrogens (tertiary/aromatic N) is 2. The lowest BCUT2D eigenvalue weighted by Gasteiger charge is -1.94. The summed E-state index contributed by atoms with van der Waals surface area (Å²) in [6.07, 6.45) is 0.831. The summed E-state index contributed by atoms with van der Waals surface area (Å²) in [6, 6.07) is 1.56. The average molecular weight is 203 g/mol. The number of esters is 1. The zero-order valence-electron chi connectivity index (χ0n) is 7.58. The van der Waals surface area contributed by atoms with Gasteiger partial charge in [0.05, 0.1) is 0 Å². The van der Waals surface area contributed by atoms with Gasteiger partial charge in [0.1, 0.15) is 0 Å². The largest absolute Gasteiger partial charge is 0.445 e. The Kier molecular flexibility index (Phi) is 3.31. The zero-order valence-corrected chi connectivity index (χ0v) is 8.34. The zero-order chi connectivity index (χ0) is 9.84. The van der Waals surface area contributed by atoms with Crippen molar-refractivity contribution < 1.29 is 9.53 Å². The summed E-state index contributed by atoms with van der Waals surface area (Å²) in [5.74, 6) is -0.481. The Labute approximate surface area is 81.4 Å². The first-order valence-corrected chi connectivity index (χ1v) is 4.48. The fourth-order valence-electron chi connectivity index (χ4n) is 1.06. The second-order valence-electron chi connectivity index (χ2n) is 2.54. The van der Waals surface area contributed by atoms with E-state index in [1.165, 1.54) is 0 Å². The van der Waals surface area contributed by atoms with Gasteiger partial charge in [-0.15, -0.1) is 0 Å². The molecule has 5 heteroatoms. The van der Waals surface area contributed by atoms with Crippen molar-refractivity contribution in [2.75, 3.05) is 6.07 Å². The van der Waals surface area contributed by atoms with E-state index >= 15 is 0 Å². The molecule has 0 amide bonds. The van der Waals surface area contributed by atoms with Crippen LogP contribution in [0, 0.1) is 0 Å². The first-order valence-electron chi connectivity index (χ1n) is 3.95. The van der Waals surface area contributed by atoms with Gasteiger partial charge in [0.2, 0.25) is 0 Å². The molecule has 0 radical (unpaired) electrons. The quantitative estimate of drug-likeness (QED) is 0.549. The minimum absolute atomic E-state index is 0.142. The van der Waals surface area contributed by atoms with Crippen LogP contribution in [0.2, 0.25) is 0 Å². The van der Waals surface area contributed by atoms with Gasteiger partial charge in [0, 0.05) is 12.7 Å². The van der Waals surface area contributed by atoms with E-state index in [0.717, 1.165) is 12.1 Å². The highest BCUT2D eigenvalue weighted by atomic mass is 35.5. The van der Waals surface area contributed by atoms with Gasteiger partial charge in [-0.3, -0.25) is 4.68 Å². The molecule has 0 saturated carbocycles. The number of carbonyl (C=O) groups excluding carboxylic acids is 1. The number of carbonyl (C=O) groups is 1. The Bertz CT molecular complexity index is 309. The van der Waals surface area contributed by atoms with E-state index in [2.05, 4.69) is 9.84 Å². The van der Waals surface area contributed by atoms with Gasteiger partial charge in [-0.25, -0.2) is 4.79 Å². The first kappa shape index (κ1) is 10.1. The predicted molar refractivity (Wildman–Crippen MR) is 48.7 cm³/mol. The van der Waals surface area contributed by atoms with E-state index in [9.17, 15) is 4.79 Å². The summed E-state index contributed by atoms with van der Waals surface area (Å²) >= 11 is 5.25. The van der Waals surface area contributed by atoms with E-state index in [0.29, 0.717) is 5.69 Å². The lowest BCUT2D eigenvalue weighted by atomic mass is 10.3. The molecule has 0 aliphatic heterocycles. The van der Waals surface area contributed by atoms with Crippen LogP contribution in [0.3, 0.4) is 0 Å². The van der Waals surface area contributed by atoms with Crippen molar-refractivity contribution in [3.8, 4) is 0 Å². The monoisotopic (exact) mass is 202 g/mol. The average Bonchev–Trinajstić information content (AvgIpc) is 2.47. The Morgan fingerprint density at radius 2 is 2.46 bits per heavy atom. The highest BCUT2D eigenvalue weighted by molar-refractivity contribution is 6.17. The maximum absolute atomic E-state index is 11.1. The van der Waals surface area contributed by atoms with Gasteiger partial charge in [-0.2, -0.15) is 5.10 Å². The van der Waals surface area contributed by atoms with Crippen molar-refractivity contribution in [1.82, 2.24) is 9.78 Å². The SMILES string of the molecule is CCc1cc(C(=O)OCCl)nn1C. The molecule has 0 spiro atoms. The molecule has 1 rings (SSSR count). The van der Waals surface area contributed by atoms with Crippen molar-refractivity contribution in [2.45, 2.75) is 13.3 Å². The summed E-state index contributed by atoms with van der Waals surface area (Å²) in [7, 11) is 1.79. The van der Waals surface area contributed by atoms with E-state index in [1.807, 2.05) is 6.92 Å². The van der Waals surface area contributed by atoms with E-state index in [4.69, 9.17) is 11.6 Å². The summed E-state index contributed by atoms with van der Waals surface area (Å²) in [4.78, 5) is 11.1. The molecule has 1 heterocycles. The highest BCUT2D eigenvalue weighted by Gasteiger charge is 2.12. The molecule has 0 atom stereocenters. The van der Waals surface area contributed by atoms with Crippen molar-refractivity contribution in [3.63, 3.8) is 0 Å². The number of rotatable bonds is 3. The van der Waals surface area contributed by atoms with Gasteiger partial charge in [-0.05, 0) is 12.5 Å². The van der Waals surface area contributed by atoms with Crippen LogP contribution in [0.1, 0.15) is 23.1 Å². The minimum atomic E-state index is -0.481. The molecule has 0 aliphatic carbocycles. The van der Waals surface area contributed by atoms with Gasteiger partial charge in [-0.1, -0.05) is 18.5 Å². The molecule has 0 N–H and O–H groups in total. The number of alkyl halides is 1. The van der Waals surface area contributed by atoms with E-state index in [1.54, 1.807) is 17.8 Å². The lowest BCUT2D eigenvalue weighted by molar-refractivity contribution is 0.0566. The second-order valence-corrected chi connectivity index (χ2v) is 2.76. The fourth-order valence-corrected chi connectivity index (χ4v) is 1.16. The third-order valence-corrected chi connectivity index (χ3v) is 1.84. The molecule has 0 aliphatic rings. The van der Waals surface area contributed by atoms with Crippen molar-refractivity contribution >= 4 is 17.6 Å². The number of aromatic nitrogens is 2. The molecule has 0 bridgehead atoms. The number of aryl methyl sites for hydroxylation is 2. The number of halogens is 1. The third kappa shape index (κ3) is 2.21. The molecule has 13 heavy (non-hydrogen) atoms. The normalized spacial score (nSPS) is 10.1. The highest BCUT2D eigenvalue weighted by Crippen LogP contribution is 2.05. The fraction of sp³-hybridized carbons (Fsp3) is 0.500. The van der Waals surface area contributed by atoms with Gasteiger partial charge < -0.3 is 4.74 Å². The Morgan fingerprint density at radius 1 is 1.77 bits per heavy atom. The topological polar surface area (TPSA) is 44.1 Å². The lowest BCUT2D eigenvalue weighted by Crippen LogP contribution is -2.05. The van der Waals surface area contributed by atoms with Crippen LogP contribution in [0.5, 0.6) is 0 Å². The molecule has 72 valence electrons. The first-order chi connectivity index (χ1) is 6.19. The van der Waals surface area contributed by atoms with Crippen LogP contribution in [0.25, 0.3) is 0 Å². The van der Waals surface area contributed by atoms with Crippen LogP contribution in [0.4, 0.5) is 0 Å². The Balaban J connectivity index is 2.84. The van der Waals surface area contributed by atoms with Crippen LogP contribution >= 0.6 is 11.6 Å². The van der Waals surface area contributed by atoms with Crippen molar-refractivity contribution in [2.24, 2.45) is 7.05 Å². The van der Waals surface area contributed by atoms with Crippen LogP contribution in [-0.2, 0) is 18.2 Å². The molecular formula is C8H11ClN2O2. The summed E-state index contributed by atoms with van der Waals surface area (Å²) < 4.78 is 6.25. The molecule has 1 aromatic rings. The van der Waals surface area contributed by atoms with Crippen LogP contribution in [-0.4, -0.2) is 21.8 Å². The van der Waals surface area contributed by atoms with E-state index in [-0.39, 0.29) is 6.07 Å². The smallest absolute Gasteiger partial charge is 0.360 e. The maximum atomic E-state index is 11.1. The molecule has 0 saturated heterocycles. The predicted octanol–water partition coefficient (Wildman–Crippen LogP) is 1.34. The summed E-state index contributed by atoms with van der Waals surface area (Å²) in [5, 5.41) is 3.98. The molecular weight excluding hydrogens is 192 g/mol. The number of hydrogen-bond acceptors (Lipinski definition) is 3. The molecule has 0 fully saturated rings. The Morgan fingerprint density at radius 3 is 2.92 bits per heavy atom. The minimum Gasteiger partial charge on any atom is -0.445 e. The second kappa shape index (κ2) is 4.28. The molecule has 1 aromatic heterocycles. The van der Waals surface area contributed by atoms with Gasteiger partial charge in [0.15, 0.2) is 11.8 Å². The summed E-state index contributed by atoms with van der Waals surface area (Å²) in [6.45, 7) is 1.99. The van der Waals surface area contributed by atoms with Gasteiger partial charge in [0.25, 0.3) is 0 Å². The van der Waals surface area contributed by atoms with Gasteiger partial charge >= 0.3 is 5.97 Å². The molecule has 4 nitrogen and oxygen atoms in total. The molecule has 0 aromatic carbocycles.